The van der Waals surface area contributed by atoms with Crippen molar-refractivity contribution in [2.24, 2.45) is 0 Å². The summed E-state index contributed by atoms with van der Waals surface area (Å²) in [6, 6.07) is 5.73. The van der Waals surface area contributed by atoms with Gasteiger partial charge in [0.2, 0.25) is 0 Å². The first kappa shape index (κ1) is 12.9. The van der Waals surface area contributed by atoms with Gasteiger partial charge < -0.3 is 10.1 Å². The quantitative estimate of drug-likeness (QED) is 0.872. The van der Waals surface area contributed by atoms with Gasteiger partial charge in [0.25, 0.3) is 5.91 Å². The molecule has 0 atom stereocenters. The molecule has 0 saturated heterocycles. The van der Waals surface area contributed by atoms with Gasteiger partial charge in [-0.3, -0.25) is 4.79 Å². The van der Waals surface area contributed by atoms with E-state index in [1.165, 1.54) is 0 Å². The Bertz CT molecular complexity index is 535. The third kappa shape index (κ3) is 3.01. The van der Waals surface area contributed by atoms with Crippen molar-refractivity contribution in [3.05, 3.63) is 46.0 Å². The molecule has 18 heavy (non-hydrogen) atoms. The number of nitrogens with one attached hydrogen (secondary N) is 1. The molecule has 2 rings (SSSR count). The summed E-state index contributed by atoms with van der Waals surface area (Å²) >= 11 is 3.40. The Morgan fingerprint density at radius 1 is 1.56 bits per heavy atom. The van der Waals surface area contributed by atoms with Crippen molar-refractivity contribution in [1.82, 2.24) is 5.32 Å². The van der Waals surface area contributed by atoms with E-state index >= 15 is 0 Å². The summed E-state index contributed by atoms with van der Waals surface area (Å²) < 4.78 is 6.51. The van der Waals surface area contributed by atoms with Crippen molar-refractivity contribution in [3.63, 3.8) is 0 Å². The molecule has 1 amide bonds. The van der Waals surface area contributed by atoms with Crippen molar-refractivity contribution in [2.45, 2.75) is 6.92 Å². The summed E-state index contributed by atoms with van der Waals surface area (Å²) in [5.74, 6) is 0.693. The lowest BCUT2D eigenvalue weighted by Gasteiger charge is -2.17. The van der Waals surface area contributed by atoms with Gasteiger partial charge in [-0.1, -0.05) is 28.1 Å². The van der Waals surface area contributed by atoms with E-state index < -0.39 is 0 Å². The summed E-state index contributed by atoms with van der Waals surface area (Å²) in [4.78, 5) is 11.9. The standard InChI is InChI=1S/C14H14BrNO2/c1-9(2)7-16-14(17)11-5-10-6-12(15)3-4-13(10)18-8-11/h3-6H,1,7-8H2,2H3,(H,16,17). The molecule has 94 valence electrons. The zero-order valence-corrected chi connectivity index (χ0v) is 11.7. The number of carbonyl (C=O) groups is 1. The van der Waals surface area contributed by atoms with Crippen LogP contribution in [0.3, 0.4) is 0 Å². The van der Waals surface area contributed by atoms with Crippen LogP contribution in [0, 0.1) is 0 Å². The molecule has 0 fully saturated rings. The van der Waals surface area contributed by atoms with Gasteiger partial charge in [0.05, 0.1) is 5.57 Å². The summed E-state index contributed by atoms with van der Waals surface area (Å²) in [7, 11) is 0. The van der Waals surface area contributed by atoms with Crippen LogP contribution in [-0.4, -0.2) is 19.1 Å². The van der Waals surface area contributed by atoms with Crippen LogP contribution < -0.4 is 10.1 Å². The van der Waals surface area contributed by atoms with Gasteiger partial charge in [0.15, 0.2) is 0 Å². The number of benzene rings is 1. The van der Waals surface area contributed by atoms with Crippen LogP contribution in [0.1, 0.15) is 12.5 Å². The zero-order valence-electron chi connectivity index (χ0n) is 10.1. The summed E-state index contributed by atoms with van der Waals surface area (Å²) in [6.45, 7) is 6.41. The SMILES string of the molecule is C=C(C)CNC(=O)C1=Cc2cc(Br)ccc2OC1. The molecule has 0 bridgehead atoms. The maximum atomic E-state index is 11.9. The summed E-state index contributed by atoms with van der Waals surface area (Å²) in [6.07, 6.45) is 1.86. The fourth-order valence-corrected chi connectivity index (χ4v) is 2.00. The van der Waals surface area contributed by atoms with E-state index in [2.05, 4.69) is 27.8 Å². The van der Waals surface area contributed by atoms with Crippen LogP contribution in [0.2, 0.25) is 0 Å². The topological polar surface area (TPSA) is 38.3 Å². The molecule has 0 spiro atoms. The minimum Gasteiger partial charge on any atom is -0.488 e. The van der Waals surface area contributed by atoms with E-state index in [4.69, 9.17) is 4.74 Å². The minimum absolute atomic E-state index is 0.108. The number of hydrogen-bond acceptors (Lipinski definition) is 2. The van der Waals surface area contributed by atoms with Gasteiger partial charge in [0, 0.05) is 16.6 Å². The Hall–Kier alpha value is -1.55. The van der Waals surface area contributed by atoms with Crippen LogP contribution in [-0.2, 0) is 4.79 Å². The van der Waals surface area contributed by atoms with Crippen LogP contribution >= 0.6 is 15.9 Å². The normalized spacial score (nSPS) is 13.1. The molecule has 0 radical (unpaired) electrons. The second-order valence-electron chi connectivity index (χ2n) is 4.28. The van der Waals surface area contributed by atoms with Gasteiger partial charge in [-0.25, -0.2) is 0 Å². The van der Waals surface area contributed by atoms with Crippen LogP contribution in [0.25, 0.3) is 6.08 Å². The maximum Gasteiger partial charge on any atom is 0.250 e. The Labute approximate surface area is 115 Å². The second kappa shape index (κ2) is 5.40. The third-order valence-electron chi connectivity index (χ3n) is 2.53. The highest BCUT2D eigenvalue weighted by atomic mass is 79.9. The summed E-state index contributed by atoms with van der Waals surface area (Å²) in [5.41, 5.74) is 2.46. The molecule has 1 N–H and O–H groups in total. The van der Waals surface area contributed by atoms with Gasteiger partial charge >= 0.3 is 0 Å². The average molecular weight is 308 g/mol. The van der Waals surface area contributed by atoms with Crippen LogP contribution in [0.15, 0.2) is 40.4 Å². The maximum absolute atomic E-state index is 11.9. The van der Waals surface area contributed by atoms with E-state index in [1.54, 1.807) is 0 Å². The number of carbonyl (C=O) groups excluding carboxylic acids is 1. The van der Waals surface area contributed by atoms with E-state index in [9.17, 15) is 4.79 Å². The van der Waals surface area contributed by atoms with Crippen molar-refractivity contribution in [3.8, 4) is 5.75 Å². The average Bonchev–Trinajstić information content (AvgIpc) is 2.34. The number of rotatable bonds is 3. The molecular formula is C14H14BrNO2. The Balaban J connectivity index is 2.16. The highest BCUT2D eigenvalue weighted by Gasteiger charge is 2.16. The lowest BCUT2D eigenvalue weighted by Crippen LogP contribution is -2.29. The molecule has 3 nitrogen and oxygen atoms in total. The van der Waals surface area contributed by atoms with Crippen LogP contribution in [0.5, 0.6) is 5.75 Å². The van der Waals surface area contributed by atoms with E-state index in [-0.39, 0.29) is 5.91 Å². The third-order valence-corrected chi connectivity index (χ3v) is 3.02. The van der Waals surface area contributed by atoms with Gasteiger partial charge in [0.1, 0.15) is 12.4 Å². The molecule has 0 aromatic heterocycles. The molecule has 0 saturated carbocycles. The van der Waals surface area contributed by atoms with E-state index in [0.29, 0.717) is 18.7 Å². The van der Waals surface area contributed by atoms with Gasteiger partial charge in [-0.15, -0.1) is 0 Å². The highest BCUT2D eigenvalue weighted by molar-refractivity contribution is 9.10. The minimum atomic E-state index is -0.108. The van der Waals surface area contributed by atoms with Crippen molar-refractivity contribution in [1.29, 1.82) is 0 Å². The van der Waals surface area contributed by atoms with E-state index in [0.717, 1.165) is 21.4 Å². The molecule has 1 heterocycles. The second-order valence-corrected chi connectivity index (χ2v) is 5.20. The molecule has 0 unspecified atom stereocenters. The lowest BCUT2D eigenvalue weighted by molar-refractivity contribution is -0.117. The lowest BCUT2D eigenvalue weighted by atomic mass is 10.1. The molecule has 1 aliphatic heterocycles. The largest absolute Gasteiger partial charge is 0.488 e. The molecular weight excluding hydrogens is 294 g/mol. The van der Waals surface area contributed by atoms with Gasteiger partial charge in [-0.05, 0) is 31.2 Å². The first-order valence-electron chi connectivity index (χ1n) is 5.62. The number of ether oxygens (including phenoxy) is 1. The number of fused-ring (bicyclic) bond motifs is 1. The fourth-order valence-electron chi connectivity index (χ4n) is 1.62. The monoisotopic (exact) mass is 307 g/mol. The number of amides is 1. The smallest absolute Gasteiger partial charge is 0.250 e. The molecule has 0 aliphatic carbocycles. The Kier molecular flexibility index (Phi) is 3.87. The van der Waals surface area contributed by atoms with E-state index in [1.807, 2.05) is 31.2 Å². The van der Waals surface area contributed by atoms with Gasteiger partial charge in [-0.2, -0.15) is 0 Å². The summed E-state index contributed by atoms with van der Waals surface area (Å²) in [5, 5.41) is 2.80. The molecule has 1 aliphatic rings. The highest BCUT2D eigenvalue weighted by Crippen LogP contribution is 2.29. The molecule has 1 aromatic rings. The zero-order chi connectivity index (χ0) is 13.1. The van der Waals surface area contributed by atoms with Crippen molar-refractivity contribution in [2.75, 3.05) is 13.2 Å². The molecule has 1 aromatic carbocycles. The number of halogens is 1. The predicted octanol–water partition coefficient (Wildman–Crippen LogP) is 2.92. The first-order valence-corrected chi connectivity index (χ1v) is 6.41. The van der Waals surface area contributed by atoms with Crippen LogP contribution in [0.4, 0.5) is 0 Å². The number of hydrogen-bond donors (Lipinski definition) is 1. The predicted molar refractivity (Wildman–Crippen MR) is 75.4 cm³/mol. The Morgan fingerprint density at radius 3 is 3.06 bits per heavy atom. The van der Waals surface area contributed by atoms with Crippen molar-refractivity contribution < 1.29 is 9.53 Å². The van der Waals surface area contributed by atoms with Crippen molar-refractivity contribution >= 4 is 27.9 Å². The first-order chi connectivity index (χ1) is 8.56. The molecule has 4 heteroatoms. The fraction of sp³-hybridized carbons (Fsp3) is 0.214. The Morgan fingerprint density at radius 2 is 2.33 bits per heavy atom.